The van der Waals surface area contributed by atoms with Gasteiger partial charge in [0.1, 0.15) is 5.82 Å². The lowest BCUT2D eigenvalue weighted by atomic mass is 10.1. The van der Waals surface area contributed by atoms with E-state index < -0.39 is 6.10 Å². The van der Waals surface area contributed by atoms with E-state index in [0.717, 1.165) is 0 Å². The molecule has 0 saturated carbocycles. The number of aliphatic hydroxyl groups is 1. The van der Waals surface area contributed by atoms with Crippen molar-refractivity contribution in [3.05, 3.63) is 34.6 Å². The van der Waals surface area contributed by atoms with Crippen LogP contribution in [0.15, 0.2) is 18.2 Å². The second kappa shape index (κ2) is 5.78. The first-order valence-corrected chi connectivity index (χ1v) is 5.88. The summed E-state index contributed by atoms with van der Waals surface area (Å²) in [5.41, 5.74) is 0.406. The van der Waals surface area contributed by atoms with Crippen molar-refractivity contribution in [3.63, 3.8) is 0 Å². The number of halogens is 2. The topological polar surface area (TPSA) is 38.7 Å². The minimum atomic E-state index is -0.703. The molecule has 1 aromatic carbocycles. The van der Waals surface area contributed by atoms with Gasteiger partial charge in [0.05, 0.1) is 19.3 Å². The molecule has 5 heteroatoms. The third-order valence-corrected chi connectivity index (χ3v) is 2.85. The molecule has 1 unspecified atom stereocenters. The van der Waals surface area contributed by atoms with Gasteiger partial charge in [0, 0.05) is 17.9 Å². The van der Waals surface area contributed by atoms with Crippen LogP contribution in [0.5, 0.6) is 0 Å². The Morgan fingerprint density at radius 1 is 1.41 bits per heavy atom. The summed E-state index contributed by atoms with van der Waals surface area (Å²) in [6.07, 6.45) is -0.542. The smallest absolute Gasteiger partial charge is 0.160 e. The van der Waals surface area contributed by atoms with Gasteiger partial charge >= 0.3 is 0 Å². The highest BCUT2D eigenvalue weighted by molar-refractivity contribution is 6.30. The maximum atomic E-state index is 13.4. The first-order chi connectivity index (χ1) is 8.15. The summed E-state index contributed by atoms with van der Waals surface area (Å²) < 4.78 is 23.8. The monoisotopic (exact) mass is 260 g/mol. The summed E-state index contributed by atoms with van der Waals surface area (Å²) >= 11 is 5.77. The number of hydrogen-bond acceptors (Lipinski definition) is 3. The Morgan fingerprint density at radius 3 is 2.82 bits per heavy atom. The molecule has 1 aliphatic heterocycles. The van der Waals surface area contributed by atoms with E-state index in [1.54, 1.807) is 0 Å². The van der Waals surface area contributed by atoms with Crippen molar-refractivity contribution >= 4 is 11.6 Å². The lowest BCUT2D eigenvalue weighted by Gasteiger charge is -2.15. The number of ether oxygens (including phenoxy) is 2. The van der Waals surface area contributed by atoms with Crippen LogP contribution in [0.1, 0.15) is 12.0 Å². The maximum absolute atomic E-state index is 13.4. The van der Waals surface area contributed by atoms with Gasteiger partial charge in [-0.1, -0.05) is 11.6 Å². The molecule has 2 rings (SSSR count). The van der Waals surface area contributed by atoms with E-state index in [1.165, 1.54) is 18.2 Å². The molecule has 0 spiro atoms. The first kappa shape index (κ1) is 12.8. The summed E-state index contributed by atoms with van der Waals surface area (Å²) in [7, 11) is 0. The molecule has 1 aliphatic rings. The van der Waals surface area contributed by atoms with Crippen molar-refractivity contribution in [1.29, 1.82) is 0 Å². The average Bonchev–Trinajstić information content (AvgIpc) is 2.76. The zero-order chi connectivity index (χ0) is 12.3. The Kier molecular flexibility index (Phi) is 4.34. The van der Waals surface area contributed by atoms with E-state index in [9.17, 15) is 9.50 Å². The molecule has 1 aromatic rings. The van der Waals surface area contributed by atoms with Gasteiger partial charge in [-0.3, -0.25) is 0 Å². The molecular formula is C12H14ClFO3. The molecule has 0 amide bonds. The van der Waals surface area contributed by atoms with E-state index in [0.29, 0.717) is 30.2 Å². The van der Waals surface area contributed by atoms with E-state index in [-0.39, 0.29) is 18.5 Å². The van der Waals surface area contributed by atoms with Crippen molar-refractivity contribution in [3.8, 4) is 0 Å². The third-order valence-electron chi connectivity index (χ3n) is 2.62. The van der Waals surface area contributed by atoms with Gasteiger partial charge in [0.25, 0.3) is 0 Å². The summed E-state index contributed by atoms with van der Waals surface area (Å²) in [6.45, 7) is 1.09. The minimum absolute atomic E-state index is 0.204. The molecule has 94 valence electrons. The fraction of sp³-hybridized carbons (Fsp3) is 0.500. The second-order valence-electron chi connectivity index (χ2n) is 4.00. The lowest BCUT2D eigenvalue weighted by Crippen LogP contribution is -2.20. The highest BCUT2D eigenvalue weighted by Crippen LogP contribution is 2.19. The van der Waals surface area contributed by atoms with E-state index in [1.807, 2.05) is 0 Å². The summed E-state index contributed by atoms with van der Waals surface area (Å²) in [5.74, 6) is -0.360. The fourth-order valence-corrected chi connectivity index (χ4v) is 2.00. The molecule has 0 aromatic heterocycles. The average molecular weight is 261 g/mol. The molecule has 1 heterocycles. The lowest BCUT2D eigenvalue weighted by molar-refractivity contribution is -0.0699. The predicted octanol–water partition coefficient (Wildman–Crippen LogP) is 2.15. The van der Waals surface area contributed by atoms with Crippen LogP contribution in [0, 0.1) is 5.82 Å². The van der Waals surface area contributed by atoms with Crippen LogP contribution in [-0.4, -0.2) is 30.7 Å². The van der Waals surface area contributed by atoms with Gasteiger partial charge in [-0.15, -0.1) is 0 Å². The van der Waals surface area contributed by atoms with Crippen LogP contribution >= 0.6 is 11.6 Å². The van der Waals surface area contributed by atoms with Gasteiger partial charge in [-0.2, -0.15) is 0 Å². The molecule has 1 fully saturated rings. The number of benzene rings is 1. The van der Waals surface area contributed by atoms with E-state index in [2.05, 4.69) is 0 Å². The largest absolute Gasteiger partial charge is 0.393 e. The Bertz CT molecular complexity index is 380. The van der Waals surface area contributed by atoms with Gasteiger partial charge in [0.15, 0.2) is 6.29 Å². The Hall–Kier alpha value is -0.680. The van der Waals surface area contributed by atoms with Crippen LogP contribution in [0.3, 0.4) is 0 Å². The van der Waals surface area contributed by atoms with Crippen molar-refractivity contribution in [2.75, 3.05) is 13.2 Å². The van der Waals surface area contributed by atoms with Crippen molar-refractivity contribution in [1.82, 2.24) is 0 Å². The van der Waals surface area contributed by atoms with Gasteiger partial charge in [-0.25, -0.2) is 4.39 Å². The number of hydrogen-bond donors (Lipinski definition) is 1. The van der Waals surface area contributed by atoms with E-state index in [4.69, 9.17) is 21.1 Å². The van der Waals surface area contributed by atoms with Crippen LogP contribution in [0.25, 0.3) is 0 Å². The zero-order valence-corrected chi connectivity index (χ0v) is 9.99. The molecule has 1 saturated heterocycles. The summed E-state index contributed by atoms with van der Waals surface area (Å²) in [6, 6.07) is 4.30. The summed E-state index contributed by atoms with van der Waals surface area (Å²) in [4.78, 5) is 0. The molecular weight excluding hydrogens is 247 g/mol. The molecule has 3 nitrogen and oxygen atoms in total. The fourth-order valence-electron chi connectivity index (χ4n) is 1.80. The second-order valence-corrected chi connectivity index (χ2v) is 4.44. The van der Waals surface area contributed by atoms with Gasteiger partial charge < -0.3 is 14.6 Å². The standard InChI is InChI=1S/C12H14ClFO3/c13-9-1-2-11(14)8(5-9)6-10(15)7-12-16-3-4-17-12/h1-2,5,10,12,15H,3-4,6-7H2. The molecule has 17 heavy (non-hydrogen) atoms. The molecule has 0 radical (unpaired) electrons. The van der Waals surface area contributed by atoms with Crippen LogP contribution in [0.2, 0.25) is 5.02 Å². The molecule has 0 aliphatic carbocycles. The van der Waals surface area contributed by atoms with Crippen molar-refractivity contribution < 1.29 is 19.0 Å². The maximum Gasteiger partial charge on any atom is 0.160 e. The van der Waals surface area contributed by atoms with Crippen molar-refractivity contribution in [2.24, 2.45) is 0 Å². The molecule has 0 bridgehead atoms. The highest BCUT2D eigenvalue weighted by atomic mass is 35.5. The SMILES string of the molecule is OC(Cc1cc(Cl)ccc1F)CC1OCCO1. The normalized spacial score (nSPS) is 18.5. The third kappa shape index (κ3) is 3.64. The van der Waals surface area contributed by atoms with E-state index >= 15 is 0 Å². The molecule has 1 N–H and O–H groups in total. The van der Waals surface area contributed by atoms with Crippen LogP contribution in [-0.2, 0) is 15.9 Å². The number of rotatable bonds is 4. The van der Waals surface area contributed by atoms with Gasteiger partial charge in [-0.05, 0) is 23.8 Å². The quantitative estimate of drug-likeness (QED) is 0.902. The number of aliphatic hydroxyl groups excluding tert-OH is 1. The first-order valence-electron chi connectivity index (χ1n) is 5.50. The van der Waals surface area contributed by atoms with Crippen LogP contribution < -0.4 is 0 Å². The highest BCUT2D eigenvalue weighted by Gasteiger charge is 2.21. The Balaban J connectivity index is 1.92. The van der Waals surface area contributed by atoms with Crippen LogP contribution in [0.4, 0.5) is 4.39 Å². The zero-order valence-electron chi connectivity index (χ0n) is 9.23. The summed E-state index contributed by atoms with van der Waals surface area (Å²) in [5, 5.41) is 10.3. The minimum Gasteiger partial charge on any atom is -0.393 e. The Morgan fingerprint density at radius 2 is 2.12 bits per heavy atom. The van der Waals surface area contributed by atoms with Gasteiger partial charge in [0.2, 0.25) is 0 Å². The molecule has 1 atom stereocenters. The predicted molar refractivity (Wildman–Crippen MR) is 61.4 cm³/mol. The Labute approximate surface area is 104 Å². The van der Waals surface area contributed by atoms with Crippen molar-refractivity contribution in [2.45, 2.75) is 25.2 Å².